The smallest absolute Gasteiger partial charge is 0.220 e. The molecule has 1 aliphatic heterocycles. The molecule has 0 spiro atoms. The van der Waals surface area contributed by atoms with Gasteiger partial charge in [-0.15, -0.1) is 0 Å². The molecule has 0 radical (unpaired) electrons. The van der Waals surface area contributed by atoms with Crippen molar-refractivity contribution in [3.05, 3.63) is 0 Å². The second-order valence-corrected chi connectivity index (χ2v) is 3.33. The van der Waals surface area contributed by atoms with Gasteiger partial charge < -0.3 is 5.32 Å². The van der Waals surface area contributed by atoms with Gasteiger partial charge in [0.25, 0.3) is 0 Å². The Bertz CT molecular complexity index is 134. The van der Waals surface area contributed by atoms with Crippen LogP contribution in [0.1, 0.15) is 39.0 Å². The van der Waals surface area contributed by atoms with Crippen LogP contribution in [0.5, 0.6) is 0 Å². The molecule has 1 amide bonds. The van der Waals surface area contributed by atoms with Crippen molar-refractivity contribution < 1.29 is 4.79 Å². The van der Waals surface area contributed by atoms with E-state index in [2.05, 4.69) is 12.2 Å². The highest BCUT2D eigenvalue weighted by Gasteiger charge is 2.14. The minimum absolute atomic E-state index is 0.239. The number of amides is 1. The number of hydrogen-bond donors (Lipinski definition) is 1. The first kappa shape index (κ1) is 8.57. The highest BCUT2D eigenvalue weighted by atomic mass is 16.1. The van der Waals surface area contributed by atoms with E-state index in [9.17, 15) is 4.79 Å². The van der Waals surface area contributed by atoms with E-state index < -0.39 is 0 Å². The van der Waals surface area contributed by atoms with Crippen LogP contribution in [-0.4, -0.2) is 12.5 Å². The molecule has 1 heterocycles. The quantitative estimate of drug-likeness (QED) is 0.646. The molecule has 0 aromatic rings. The van der Waals surface area contributed by atoms with Crippen LogP contribution in [0.3, 0.4) is 0 Å². The summed E-state index contributed by atoms with van der Waals surface area (Å²) >= 11 is 0. The third-order valence-electron chi connectivity index (χ3n) is 2.35. The van der Waals surface area contributed by atoms with Crippen molar-refractivity contribution in [1.29, 1.82) is 0 Å². The number of nitrogens with one attached hydrogen (secondary N) is 1. The van der Waals surface area contributed by atoms with Crippen molar-refractivity contribution in [2.45, 2.75) is 39.0 Å². The monoisotopic (exact) mass is 155 g/mol. The average Bonchev–Trinajstić information content (AvgIpc) is 2.17. The fourth-order valence-corrected chi connectivity index (χ4v) is 1.68. The van der Waals surface area contributed by atoms with Gasteiger partial charge in [0.05, 0.1) is 0 Å². The van der Waals surface area contributed by atoms with Gasteiger partial charge in [0.15, 0.2) is 0 Å². The molecule has 64 valence electrons. The highest BCUT2D eigenvalue weighted by molar-refractivity contribution is 5.76. The predicted octanol–water partition coefficient (Wildman–Crippen LogP) is 1.70. The summed E-state index contributed by atoms with van der Waals surface area (Å²) in [6.45, 7) is 3.10. The Hall–Kier alpha value is -0.530. The van der Waals surface area contributed by atoms with Gasteiger partial charge in [-0.05, 0) is 18.8 Å². The normalized spacial score (nSPS) is 25.9. The molecule has 0 aromatic heterocycles. The number of hydrogen-bond acceptors (Lipinski definition) is 1. The van der Waals surface area contributed by atoms with Crippen LogP contribution < -0.4 is 5.32 Å². The third kappa shape index (κ3) is 2.91. The van der Waals surface area contributed by atoms with Gasteiger partial charge in [-0.3, -0.25) is 4.79 Å². The third-order valence-corrected chi connectivity index (χ3v) is 2.35. The Balaban J connectivity index is 2.28. The van der Waals surface area contributed by atoms with Crippen LogP contribution in [0.25, 0.3) is 0 Å². The molecule has 1 atom stereocenters. The van der Waals surface area contributed by atoms with Crippen molar-refractivity contribution in [1.82, 2.24) is 5.32 Å². The second-order valence-electron chi connectivity index (χ2n) is 3.33. The lowest BCUT2D eigenvalue weighted by Gasteiger charge is -2.09. The van der Waals surface area contributed by atoms with E-state index in [0.29, 0.717) is 0 Å². The van der Waals surface area contributed by atoms with Crippen molar-refractivity contribution >= 4 is 5.91 Å². The Kier molecular flexibility index (Phi) is 3.40. The van der Waals surface area contributed by atoms with Crippen molar-refractivity contribution in [3.8, 4) is 0 Å². The molecule has 1 aliphatic rings. The maximum absolute atomic E-state index is 10.9. The van der Waals surface area contributed by atoms with Gasteiger partial charge in [-0.25, -0.2) is 0 Å². The number of carbonyl (C=O) groups is 1. The van der Waals surface area contributed by atoms with Gasteiger partial charge in [-0.1, -0.05) is 19.8 Å². The van der Waals surface area contributed by atoms with E-state index in [0.717, 1.165) is 25.3 Å². The van der Waals surface area contributed by atoms with Gasteiger partial charge in [0.1, 0.15) is 0 Å². The maximum atomic E-state index is 10.9. The zero-order valence-electron chi connectivity index (χ0n) is 7.23. The van der Waals surface area contributed by atoms with E-state index in [1.54, 1.807) is 0 Å². The van der Waals surface area contributed by atoms with Crippen molar-refractivity contribution in [3.63, 3.8) is 0 Å². The average molecular weight is 155 g/mol. The highest BCUT2D eigenvalue weighted by Crippen LogP contribution is 2.18. The molecule has 1 fully saturated rings. The van der Waals surface area contributed by atoms with Crippen LogP contribution in [0.15, 0.2) is 0 Å². The summed E-state index contributed by atoms with van der Waals surface area (Å²) in [7, 11) is 0. The molecule has 1 unspecified atom stereocenters. The Labute approximate surface area is 68.4 Å². The van der Waals surface area contributed by atoms with Crippen LogP contribution >= 0.6 is 0 Å². The fourth-order valence-electron chi connectivity index (χ4n) is 1.68. The zero-order chi connectivity index (χ0) is 8.10. The first-order chi connectivity index (χ1) is 5.33. The van der Waals surface area contributed by atoms with Gasteiger partial charge in [-0.2, -0.15) is 0 Å². The number of rotatable bonds is 2. The van der Waals surface area contributed by atoms with Gasteiger partial charge in [0.2, 0.25) is 5.91 Å². The van der Waals surface area contributed by atoms with E-state index in [1.165, 1.54) is 19.3 Å². The van der Waals surface area contributed by atoms with Crippen LogP contribution in [-0.2, 0) is 4.79 Å². The molecule has 2 heteroatoms. The molecular weight excluding hydrogens is 138 g/mol. The predicted molar refractivity (Wildman–Crippen MR) is 45.3 cm³/mol. The molecule has 1 N–H and O–H groups in total. The van der Waals surface area contributed by atoms with Gasteiger partial charge in [0, 0.05) is 13.0 Å². The lowest BCUT2D eigenvalue weighted by molar-refractivity contribution is -0.120. The van der Waals surface area contributed by atoms with Gasteiger partial charge >= 0.3 is 0 Å². The minimum atomic E-state index is 0.239. The van der Waals surface area contributed by atoms with E-state index in [-0.39, 0.29) is 5.91 Å². The van der Waals surface area contributed by atoms with Crippen molar-refractivity contribution in [2.75, 3.05) is 6.54 Å². The lowest BCUT2D eigenvalue weighted by Crippen LogP contribution is -2.21. The standard InChI is InChI=1S/C9H17NO/c1-2-3-8-4-5-9(11)10-7-6-8/h8H,2-7H2,1H3,(H,10,11). The molecule has 0 aromatic carbocycles. The molecular formula is C9H17NO. The second kappa shape index (κ2) is 4.37. The molecule has 0 aliphatic carbocycles. The molecule has 11 heavy (non-hydrogen) atoms. The summed E-state index contributed by atoms with van der Waals surface area (Å²) in [5.74, 6) is 1.03. The SMILES string of the molecule is CCCC1CCNC(=O)CC1. The Morgan fingerprint density at radius 3 is 3.09 bits per heavy atom. The summed E-state index contributed by atoms with van der Waals surface area (Å²) in [5.41, 5.74) is 0. The lowest BCUT2D eigenvalue weighted by atomic mass is 9.96. The first-order valence-corrected chi connectivity index (χ1v) is 4.59. The zero-order valence-corrected chi connectivity index (χ0v) is 7.23. The molecule has 2 nitrogen and oxygen atoms in total. The van der Waals surface area contributed by atoms with Crippen LogP contribution in [0.2, 0.25) is 0 Å². The van der Waals surface area contributed by atoms with Crippen LogP contribution in [0.4, 0.5) is 0 Å². The molecule has 1 saturated heterocycles. The molecule has 1 rings (SSSR count). The summed E-state index contributed by atoms with van der Waals surface area (Å²) < 4.78 is 0. The summed E-state index contributed by atoms with van der Waals surface area (Å²) in [6.07, 6.45) is 5.55. The summed E-state index contributed by atoms with van der Waals surface area (Å²) in [6, 6.07) is 0. The van der Waals surface area contributed by atoms with E-state index >= 15 is 0 Å². The van der Waals surface area contributed by atoms with E-state index in [1.807, 2.05) is 0 Å². The summed E-state index contributed by atoms with van der Waals surface area (Å²) in [5, 5.41) is 2.89. The Morgan fingerprint density at radius 1 is 1.55 bits per heavy atom. The summed E-state index contributed by atoms with van der Waals surface area (Å²) in [4.78, 5) is 10.9. The first-order valence-electron chi connectivity index (χ1n) is 4.59. The number of carbonyl (C=O) groups excluding carboxylic acids is 1. The largest absolute Gasteiger partial charge is 0.356 e. The Morgan fingerprint density at radius 2 is 2.36 bits per heavy atom. The fraction of sp³-hybridized carbons (Fsp3) is 0.889. The topological polar surface area (TPSA) is 29.1 Å². The molecule has 0 bridgehead atoms. The van der Waals surface area contributed by atoms with E-state index in [4.69, 9.17) is 0 Å². The van der Waals surface area contributed by atoms with Crippen molar-refractivity contribution in [2.24, 2.45) is 5.92 Å². The molecule has 0 saturated carbocycles. The maximum Gasteiger partial charge on any atom is 0.220 e. The minimum Gasteiger partial charge on any atom is -0.356 e. The van der Waals surface area contributed by atoms with Crippen LogP contribution in [0, 0.1) is 5.92 Å².